The van der Waals surface area contributed by atoms with Crippen LogP contribution in [0, 0.1) is 0 Å². The van der Waals surface area contributed by atoms with Crippen LogP contribution in [-0.4, -0.2) is 31.3 Å². The lowest BCUT2D eigenvalue weighted by atomic mass is 10.1. The van der Waals surface area contributed by atoms with Crippen molar-refractivity contribution in [2.24, 2.45) is 0 Å². The summed E-state index contributed by atoms with van der Waals surface area (Å²) in [5, 5.41) is 10.7. The molecule has 0 atom stereocenters. The number of carbonyl (C=O) groups is 2. The van der Waals surface area contributed by atoms with Crippen LogP contribution in [-0.2, 0) is 4.79 Å². The molecule has 4 nitrogen and oxygen atoms in total. The molecule has 0 radical (unpaired) electrons. The number of hydrogen-bond donors (Lipinski definition) is 2. The van der Waals surface area contributed by atoms with Crippen molar-refractivity contribution in [3.8, 4) is 0 Å². The van der Waals surface area contributed by atoms with E-state index in [1.807, 2.05) is 0 Å². The minimum atomic E-state index is -0.828. The van der Waals surface area contributed by atoms with Gasteiger partial charge in [0.2, 0.25) is 7.85 Å². The predicted octanol–water partition coefficient (Wildman–Crippen LogP) is -0.806. The fraction of sp³-hybridized carbons (Fsp3) is 0.600. The van der Waals surface area contributed by atoms with Gasteiger partial charge in [-0.05, 0) is 6.42 Å². The normalized spacial score (nSPS) is 8.80. The number of aliphatic carboxylic acids is 1. The molecule has 0 heterocycles. The van der Waals surface area contributed by atoms with E-state index in [-0.39, 0.29) is 12.2 Å². The first kappa shape index (κ1) is 9.00. The van der Waals surface area contributed by atoms with Crippen LogP contribution in [0.1, 0.15) is 12.8 Å². The summed E-state index contributed by atoms with van der Waals surface area (Å²) in [5.41, 5.74) is 0. The Labute approximate surface area is 60.0 Å². The van der Waals surface area contributed by atoms with Gasteiger partial charge in [0.15, 0.2) is 5.81 Å². The summed E-state index contributed by atoms with van der Waals surface area (Å²) < 4.78 is 0. The van der Waals surface area contributed by atoms with Crippen molar-refractivity contribution >= 4 is 19.6 Å². The van der Waals surface area contributed by atoms with Crippen LogP contribution < -0.4 is 5.32 Å². The Bertz CT molecular complexity index is 121. The molecule has 0 aromatic heterocycles. The molecule has 0 aromatic carbocycles. The molecule has 0 spiro atoms. The maximum atomic E-state index is 10.2. The summed E-state index contributed by atoms with van der Waals surface area (Å²) in [7, 11) is 1.40. The van der Waals surface area contributed by atoms with Crippen molar-refractivity contribution in [2.75, 3.05) is 6.54 Å². The molecule has 5 heteroatoms. The number of carboxylic acids is 1. The topological polar surface area (TPSA) is 66.4 Å². The van der Waals surface area contributed by atoms with Gasteiger partial charge >= 0.3 is 5.97 Å². The summed E-state index contributed by atoms with van der Waals surface area (Å²) in [4.78, 5) is 20.2. The lowest BCUT2D eigenvalue weighted by Crippen LogP contribution is -2.22. The number of hydrogen-bond acceptors (Lipinski definition) is 2. The van der Waals surface area contributed by atoms with Crippen LogP contribution in [0.5, 0.6) is 0 Å². The van der Waals surface area contributed by atoms with E-state index < -0.39 is 5.97 Å². The molecular formula is C5H10BNO3. The highest BCUT2D eigenvalue weighted by Crippen LogP contribution is 1.84. The van der Waals surface area contributed by atoms with E-state index >= 15 is 0 Å². The van der Waals surface area contributed by atoms with Crippen molar-refractivity contribution in [3.05, 3.63) is 0 Å². The molecule has 56 valence electrons. The molecule has 10 heavy (non-hydrogen) atoms. The molecule has 0 aromatic rings. The third-order valence-corrected chi connectivity index (χ3v) is 0.941. The molecule has 1 amide bonds. The molecular weight excluding hydrogens is 133 g/mol. The number of nitrogens with one attached hydrogen (secondary N) is 1. The molecule has 2 N–H and O–H groups in total. The molecule has 0 aliphatic carbocycles. The molecule has 0 fully saturated rings. The Morgan fingerprint density at radius 3 is 2.50 bits per heavy atom. The fourth-order valence-electron chi connectivity index (χ4n) is 0.504. The lowest BCUT2D eigenvalue weighted by molar-refractivity contribution is -0.137. The van der Waals surface area contributed by atoms with Gasteiger partial charge in [-0.3, -0.25) is 9.59 Å². The van der Waals surface area contributed by atoms with Gasteiger partial charge < -0.3 is 10.4 Å². The first-order valence-corrected chi connectivity index (χ1v) is 3.09. The second-order valence-electron chi connectivity index (χ2n) is 1.98. The zero-order chi connectivity index (χ0) is 7.98. The van der Waals surface area contributed by atoms with Gasteiger partial charge in [-0.2, -0.15) is 0 Å². The summed E-state index contributed by atoms with van der Waals surface area (Å²) >= 11 is 0. The highest BCUT2D eigenvalue weighted by molar-refractivity contribution is 6.57. The quantitative estimate of drug-likeness (QED) is 0.399. The van der Waals surface area contributed by atoms with Gasteiger partial charge in [-0.1, -0.05) is 0 Å². The highest BCUT2D eigenvalue weighted by Gasteiger charge is 1.95. The van der Waals surface area contributed by atoms with Crippen LogP contribution in [0.15, 0.2) is 0 Å². The summed E-state index contributed by atoms with van der Waals surface area (Å²) in [5.74, 6) is -0.948. The van der Waals surface area contributed by atoms with Crippen molar-refractivity contribution in [1.82, 2.24) is 5.32 Å². The first-order chi connectivity index (χ1) is 4.63. The zero-order valence-corrected chi connectivity index (χ0v) is 5.89. The second kappa shape index (κ2) is 4.84. The molecule has 0 bridgehead atoms. The van der Waals surface area contributed by atoms with Crippen LogP contribution >= 0.6 is 0 Å². The Kier molecular flexibility index (Phi) is 4.36. The third-order valence-electron chi connectivity index (χ3n) is 0.941. The van der Waals surface area contributed by atoms with E-state index in [1.165, 1.54) is 7.85 Å². The van der Waals surface area contributed by atoms with Crippen molar-refractivity contribution in [3.63, 3.8) is 0 Å². The van der Waals surface area contributed by atoms with Crippen LogP contribution in [0.2, 0.25) is 0 Å². The maximum Gasteiger partial charge on any atom is 0.303 e. The SMILES string of the molecule is BC(=O)NCCCC(=O)O. The largest absolute Gasteiger partial charge is 0.481 e. The van der Waals surface area contributed by atoms with Gasteiger partial charge in [0, 0.05) is 13.0 Å². The zero-order valence-electron chi connectivity index (χ0n) is 5.89. The summed E-state index contributed by atoms with van der Waals surface area (Å²) in [6, 6.07) is 0. The monoisotopic (exact) mass is 143 g/mol. The Morgan fingerprint density at radius 1 is 1.50 bits per heavy atom. The Balaban J connectivity index is 3.06. The average Bonchev–Trinajstić information content (AvgIpc) is 1.79. The van der Waals surface area contributed by atoms with E-state index in [0.29, 0.717) is 13.0 Å². The molecule has 0 aliphatic rings. The lowest BCUT2D eigenvalue weighted by Gasteiger charge is -1.97. The van der Waals surface area contributed by atoms with E-state index in [4.69, 9.17) is 5.11 Å². The van der Waals surface area contributed by atoms with E-state index in [9.17, 15) is 9.59 Å². The van der Waals surface area contributed by atoms with Gasteiger partial charge in [0.25, 0.3) is 0 Å². The fourth-order valence-corrected chi connectivity index (χ4v) is 0.504. The number of amides is 1. The van der Waals surface area contributed by atoms with Gasteiger partial charge in [-0.25, -0.2) is 0 Å². The first-order valence-electron chi connectivity index (χ1n) is 3.09. The van der Waals surface area contributed by atoms with E-state index in [2.05, 4.69) is 5.32 Å². The maximum absolute atomic E-state index is 10.2. The average molecular weight is 143 g/mol. The number of carboxylic acid groups (broad SMARTS) is 1. The van der Waals surface area contributed by atoms with Gasteiger partial charge in [-0.15, -0.1) is 0 Å². The number of carbonyl (C=O) groups excluding carboxylic acids is 1. The van der Waals surface area contributed by atoms with Gasteiger partial charge in [0.1, 0.15) is 0 Å². The number of rotatable bonds is 4. The standard InChI is InChI=1S/C5H10BNO3/c6-5(10)7-3-1-2-4(8)9/h1-3,6H2,(H,7,10)(H,8,9). The molecule has 0 unspecified atom stereocenters. The van der Waals surface area contributed by atoms with Gasteiger partial charge in [0.05, 0.1) is 0 Å². The molecule has 0 rings (SSSR count). The van der Waals surface area contributed by atoms with Crippen LogP contribution in [0.3, 0.4) is 0 Å². The molecule has 0 aliphatic heterocycles. The van der Waals surface area contributed by atoms with E-state index in [1.54, 1.807) is 0 Å². The second-order valence-corrected chi connectivity index (χ2v) is 1.98. The third kappa shape index (κ3) is 7.00. The summed E-state index contributed by atoms with van der Waals surface area (Å²) in [6.07, 6.45) is 0.606. The van der Waals surface area contributed by atoms with Crippen molar-refractivity contribution in [2.45, 2.75) is 12.8 Å². The summed E-state index contributed by atoms with van der Waals surface area (Å²) in [6.45, 7) is 0.446. The van der Waals surface area contributed by atoms with E-state index in [0.717, 1.165) is 0 Å². The van der Waals surface area contributed by atoms with Crippen molar-refractivity contribution in [1.29, 1.82) is 0 Å². The van der Waals surface area contributed by atoms with Crippen molar-refractivity contribution < 1.29 is 14.7 Å². The minimum Gasteiger partial charge on any atom is -0.481 e. The predicted molar refractivity (Wildman–Crippen MR) is 38.8 cm³/mol. The smallest absolute Gasteiger partial charge is 0.303 e. The molecule has 0 saturated carbocycles. The Morgan fingerprint density at radius 2 is 2.10 bits per heavy atom. The van der Waals surface area contributed by atoms with Crippen LogP contribution in [0.4, 0.5) is 4.79 Å². The molecule has 0 saturated heterocycles. The highest BCUT2D eigenvalue weighted by atomic mass is 16.4. The van der Waals surface area contributed by atoms with Crippen LogP contribution in [0.25, 0.3) is 0 Å². The minimum absolute atomic E-state index is 0.111. The Hall–Kier alpha value is -0.995.